The molecule has 0 saturated carbocycles. The molecule has 16 heavy (non-hydrogen) atoms. The van der Waals surface area contributed by atoms with Gasteiger partial charge in [-0.2, -0.15) is 0 Å². The van der Waals surface area contributed by atoms with Gasteiger partial charge in [0.15, 0.2) is 0 Å². The number of aromatic nitrogens is 2. The van der Waals surface area contributed by atoms with Gasteiger partial charge < -0.3 is 10.1 Å². The van der Waals surface area contributed by atoms with Gasteiger partial charge >= 0.3 is 0 Å². The molecule has 2 unspecified atom stereocenters. The fourth-order valence-corrected chi connectivity index (χ4v) is 2.38. The molecule has 0 aromatic carbocycles. The van der Waals surface area contributed by atoms with E-state index >= 15 is 0 Å². The van der Waals surface area contributed by atoms with Gasteiger partial charge in [0.2, 0.25) is 0 Å². The summed E-state index contributed by atoms with van der Waals surface area (Å²) in [6.45, 7) is 2.34. The van der Waals surface area contributed by atoms with E-state index in [9.17, 15) is 4.21 Å². The molecule has 0 bridgehead atoms. The molecule has 0 fully saturated rings. The second kappa shape index (κ2) is 4.76. The summed E-state index contributed by atoms with van der Waals surface area (Å²) < 4.78 is 13.7. The van der Waals surface area contributed by atoms with Gasteiger partial charge in [-0.3, -0.25) is 4.21 Å². The molecule has 2 atom stereocenters. The van der Waals surface area contributed by atoms with Gasteiger partial charge in [0.25, 0.3) is 0 Å². The van der Waals surface area contributed by atoms with Gasteiger partial charge in [-0.15, -0.1) is 0 Å². The molecule has 86 valence electrons. The Labute approximate surface area is 96.9 Å². The second-order valence-electron chi connectivity index (χ2n) is 3.77. The predicted molar refractivity (Wildman–Crippen MR) is 65.6 cm³/mol. The van der Waals surface area contributed by atoms with Gasteiger partial charge in [0.1, 0.15) is 5.65 Å². The SMILES string of the molecule is CC(CN)S(=O)Cc1cn2ccccc2n1. The Morgan fingerprint density at radius 2 is 2.38 bits per heavy atom. The number of fused-ring (bicyclic) bond motifs is 1. The highest BCUT2D eigenvalue weighted by Crippen LogP contribution is 2.08. The topological polar surface area (TPSA) is 60.4 Å². The minimum absolute atomic E-state index is 0.0183. The van der Waals surface area contributed by atoms with Crippen LogP contribution in [0.4, 0.5) is 0 Å². The van der Waals surface area contributed by atoms with Crippen molar-refractivity contribution in [3.8, 4) is 0 Å². The Morgan fingerprint density at radius 1 is 1.56 bits per heavy atom. The summed E-state index contributed by atoms with van der Waals surface area (Å²) in [6, 6.07) is 5.81. The standard InChI is InChI=1S/C11H15N3OS/c1-9(6-12)16(15)8-10-7-14-5-3-2-4-11(14)13-10/h2-5,7,9H,6,8,12H2,1H3. The first-order valence-corrected chi connectivity index (χ1v) is 6.59. The summed E-state index contributed by atoms with van der Waals surface area (Å²) in [5.74, 6) is 0.472. The van der Waals surface area contributed by atoms with Crippen LogP contribution in [0.2, 0.25) is 0 Å². The fraction of sp³-hybridized carbons (Fsp3) is 0.364. The largest absolute Gasteiger partial charge is 0.329 e. The van der Waals surface area contributed by atoms with Crippen molar-refractivity contribution in [1.29, 1.82) is 0 Å². The number of hydrogen-bond acceptors (Lipinski definition) is 3. The van der Waals surface area contributed by atoms with Gasteiger partial charge in [-0.1, -0.05) is 6.07 Å². The highest BCUT2D eigenvalue weighted by molar-refractivity contribution is 7.84. The number of imidazole rings is 1. The summed E-state index contributed by atoms with van der Waals surface area (Å²) in [5, 5.41) is 0.0183. The molecule has 0 spiro atoms. The Bertz CT molecular complexity index is 476. The molecule has 5 heteroatoms. The molecule has 2 heterocycles. The van der Waals surface area contributed by atoms with E-state index in [-0.39, 0.29) is 5.25 Å². The molecule has 0 radical (unpaired) electrons. The average Bonchev–Trinajstić information content (AvgIpc) is 2.69. The first-order chi connectivity index (χ1) is 7.70. The molecule has 0 aliphatic carbocycles. The molecule has 2 aromatic rings. The van der Waals surface area contributed by atoms with E-state index < -0.39 is 10.8 Å². The lowest BCUT2D eigenvalue weighted by molar-refractivity contribution is 0.672. The lowest BCUT2D eigenvalue weighted by atomic mass is 10.5. The van der Waals surface area contributed by atoms with Crippen LogP contribution < -0.4 is 5.73 Å². The molecule has 2 N–H and O–H groups in total. The van der Waals surface area contributed by atoms with E-state index in [1.54, 1.807) is 0 Å². The molecular formula is C11H15N3OS. The number of hydrogen-bond donors (Lipinski definition) is 1. The van der Waals surface area contributed by atoms with Crippen molar-refractivity contribution in [1.82, 2.24) is 9.38 Å². The van der Waals surface area contributed by atoms with Crippen molar-refractivity contribution in [2.24, 2.45) is 5.73 Å². The van der Waals surface area contributed by atoms with Crippen molar-refractivity contribution in [3.05, 3.63) is 36.3 Å². The molecule has 0 aliphatic rings. The first kappa shape index (κ1) is 11.3. The molecule has 0 amide bonds. The summed E-state index contributed by atoms with van der Waals surface area (Å²) >= 11 is 0. The minimum atomic E-state index is -0.943. The predicted octanol–water partition coefficient (Wildman–Crippen LogP) is 0.930. The smallest absolute Gasteiger partial charge is 0.137 e. The maximum Gasteiger partial charge on any atom is 0.137 e. The summed E-state index contributed by atoms with van der Waals surface area (Å²) in [5.41, 5.74) is 7.22. The molecule has 2 aromatic heterocycles. The van der Waals surface area contributed by atoms with Crippen molar-refractivity contribution in [3.63, 3.8) is 0 Å². The van der Waals surface area contributed by atoms with E-state index in [4.69, 9.17) is 5.73 Å². The minimum Gasteiger partial charge on any atom is -0.329 e. The quantitative estimate of drug-likeness (QED) is 0.860. The van der Waals surface area contributed by atoms with E-state index in [2.05, 4.69) is 4.98 Å². The van der Waals surface area contributed by atoms with Crippen LogP contribution in [0.25, 0.3) is 5.65 Å². The van der Waals surface area contributed by atoms with Gasteiger partial charge in [-0.05, 0) is 19.1 Å². The zero-order valence-corrected chi connectivity index (χ0v) is 9.98. The number of rotatable bonds is 4. The van der Waals surface area contributed by atoms with Crippen LogP contribution in [0.15, 0.2) is 30.6 Å². The molecule has 0 saturated heterocycles. The van der Waals surface area contributed by atoms with Crippen LogP contribution >= 0.6 is 0 Å². The fourth-order valence-electron chi connectivity index (χ4n) is 1.45. The lowest BCUT2D eigenvalue weighted by Gasteiger charge is -2.05. The van der Waals surface area contributed by atoms with Crippen molar-refractivity contribution >= 4 is 16.4 Å². The van der Waals surface area contributed by atoms with Crippen LogP contribution in [0.1, 0.15) is 12.6 Å². The van der Waals surface area contributed by atoms with Crippen LogP contribution in [-0.4, -0.2) is 25.4 Å². The summed E-state index contributed by atoms with van der Waals surface area (Å²) in [4.78, 5) is 4.40. The normalized spacial score (nSPS) is 15.1. The van der Waals surface area contributed by atoms with E-state index in [1.165, 1.54) is 0 Å². The Kier molecular flexibility index (Phi) is 3.36. The highest BCUT2D eigenvalue weighted by Gasteiger charge is 2.11. The maximum absolute atomic E-state index is 11.8. The van der Waals surface area contributed by atoms with Crippen molar-refractivity contribution in [2.75, 3.05) is 6.54 Å². The van der Waals surface area contributed by atoms with Gasteiger partial charge in [0.05, 0.1) is 11.4 Å². The number of nitrogens with zero attached hydrogens (tertiary/aromatic N) is 2. The monoisotopic (exact) mass is 237 g/mol. The van der Waals surface area contributed by atoms with Gasteiger partial charge in [0, 0.05) is 35.0 Å². The Balaban J connectivity index is 2.18. The highest BCUT2D eigenvalue weighted by atomic mass is 32.2. The third-order valence-corrected chi connectivity index (χ3v) is 4.16. The number of pyridine rings is 1. The third-order valence-electron chi connectivity index (χ3n) is 2.48. The third kappa shape index (κ3) is 2.31. The van der Waals surface area contributed by atoms with Crippen LogP contribution in [0.5, 0.6) is 0 Å². The Hall–Kier alpha value is -1.20. The summed E-state index contributed by atoms with van der Waals surface area (Å²) in [7, 11) is -0.943. The van der Waals surface area contributed by atoms with Crippen LogP contribution in [0.3, 0.4) is 0 Å². The molecule has 2 rings (SSSR count). The van der Waals surface area contributed by atoms with Crippen molar-refractivity contribution < 1.29 is 4.21 Å². The van der Waals surface area contributed by atoms with Crippen molar-refractivity contribution in [2.45, 2.75) is 17.9 Å². The maximum atomic E-state index is 11.8. The molecule has 4 nitrogen and oxygen atoms in total. The first-order valence-electron chi connectivity index (χ1n) is 5.20. The zero-order valence-electron chi connectivity index (χ0n) is 9.17. The molecule has 0 aliphatic heterocycles. The zero-order chi connectivity index (χ0) is 11.5. The van der Waals surface area contributed by atoms with E-state index in [1.807, 2.05) is 41.9 Å². The second-order valence-corrected chi connectivity index (χ2v) is 5.62. The average molecular weight is 237 g/mol. The Morgan fingerprint density at radius 3 is 3.06 bits per heavy atom. The van der Waals surface area contributed by atoms with E-state index in [0.717, 1.165) is 11.3 Å². The van der Waals surface area contributed by atoms with Gasteiger partial charge in [-0.25, -0.2) is 4.98 Å². The number of nitrogens with two attached hydrogens (primary N) is 1. The summed E-state index contributed by atoms with van der Waals surface area (Å²) in [6.07, 6.45) is 3.84. The van der Waals surface area contributed by atoms with Crippen LogP contribution in [0, 0.1) is 0 Å². The van der Waals surface area contributed by atoms with Crippen LogP contribution in [-0.2, 0) is 16.6 Å². The lowest BCUT2D eigenvalue weighted by Crippen LogP contribution is -2.22. The molecular weight excluding hydrogens is 222 g/mol. The van der Waals surface area contributed by atoms with E-state index in [0.29, 0.717) is 12.3 Å².